The van der Waals surface area contributed by atoms with Gasteiger partial charge in [-0.2, -0.15) is 0 Å². The highest BCUT2D eigenvalue weighted by Gasteiger charge is 2.28. The number of halogens is 1. The SMILES string of the molecule is CN1CC(CCC(=O)O)c2c(Cl)cccc21. The zero-order chi connectivity index (χ0) is 11.7. The van der Waals surface area contributed by atoms with Crippen LogP contribution in [0.5, 0.6) is 0 Å². The van der Waals surface area contributed by atoms with Gasteiger partial charge in [-0.25, -0.2) is 0 Å². The number of hydrogen-bond donors (Lipinski definition) is 1. The summed E-state index contributed by atoms with van der Waals surface area (Å²) < 4.78 is 0. The van der Waals surface area contributed by atoms with Crippen molar-refractivity contribution in [3.63, 3.8) is 0 Å². The van der Waals surface area contributed by atoms with Gasteiger partial charge in [0.15, 0.2) is 0 Å². The van der Waals surface area contributed by atoms with Crippen LogP contribution in [0.2, 0.25) is 5.02 Å². The summed E-state index contributed by atoms with van der Waals surface area (Å²) >= 11 is 6.17. The second kappa shape index (κ2) is 4.34. The lowest BCUT2D eigenvalue weighted by atomic mass is 9.96. The molecule has 1 aromatic carbocycles. The monoisotopic (exact) mass is 239 g/mol. The summed E-state index contributed by atoms with van der Waals surface area (Å²) in [5, 5.41) is 9.46. The Hall–Kier alpha value is -1.22. The third-order valence-corrected chi connectivity index (χ3v) is 3.38. The van der Waals surface area contributed by atoms with Crippen molar-refractivity contribution in [3.05, 3.63) is 28.8 Å². The van der Waals surface area contributed by atoms with Crippen LogP contribution in [0, 0.1) is 0 Å². The average molecular weight is 240 g/mol. The van der Waals surface area contributed by atoms with E-state index in [0.29, 0.717) is 6.42 Å². The van der Waals surface area contributed by atoms with Gasteiger partial charge in [-0.1, -0.05) is 17.7 Å². The summed E-state index contributed by atoms with van der Waals surface area (Å²) in [5.41, 5.74) is 2.23. The molecule has 1 atom stereocenters. The maximum Gasteiger partial charge on any atom is 0.303 e. The van der Waals surface area contributed by atoms with E-state index in [2.05, 4.69) is 4.90 Å². The van der Waals surface area contributed by atoms with Gasteiger partial charge in [0.25, 0.3) is 0 Å². The molecule has 0 fully saturated rings. The topological polar surface area (TPSA) is 40.5 Å². The molecule has 2 rings (SSSR count). The van der Waals surface area contributed by atoms with Crippen LogP contribution in [-0.4, -0.2) is 24.7 Å². The Kier molecular flexibility index (Phi) is 3.06. The van der Waals surface area contributed by atoms with Crippen LogP contribution in [-0.2, 0) is 4.79 Å². The average Bonchev–Trinajstić information content (AvgIpc) is 2.55. The number of carboxylic acids is 1. The fourth-order valence-electron chi connectivity index (χ4n) is 2.32. The molecule has 4 heteroatoms. The maximum atomic E-state index is 10.6. The van der Waals surface area contributed by atoms with Gasteiger partial charge in [0, 0.05) is 36.6 Å². The Morgan fingerprint density at radius 1 is 1.62 bits per heavy atom. The van der Waals surface area contributed by atoms with E-state index >= 15 is 0 Å². The quantitative estimate of drug-likeness (QED) is 0.882. The number of fused-ring (bicyclic) bond motifs is 1. The van der Waals surface area contributed by atoms with Crippen molar-refractivity contribution < 1.29 is 9.90 Å². The first-order valence-electron chi connectivity index (χ1n) is 5.31. The van der Waals surface area contributed by atoms with Crippen molar-refractivity contribution in [2.75, 3.05) is 18.5 Å². The number of anilines is 1. The molecule has 0 radical (unpaired) electrons. The molecule has 0 saturated carbocycles. The number of likely N-dealkylation sites (N-methyl/N-ethyl adjacent to an activating group) is 1. The van der Waals surface area contributed by atoms with Crippen LogP contribution in [0.25, 0.3) is 0 Å². The van der Waals surface area contributed by atoms with Crippen molar-refractivity contribution >= 4 is 23.3 Å². The van der Waals surface area contributed by atoms with E-state index < -0.39 is 5.97 Å². The predicted molar refractivity (Wildman–Crippen MR) is 64.3 cm³/mol. The minimum Gasteiger partial charge on any atom is -0.481 e. The van der Waals surface area contributed by atoms with E-state index in [1.807, 2.05) is 25.2 Å². The summed E-state index contributed by atoms with van der Waals surface area (Å²) in [6.45, 7) is 0.854. The molecule has 1 aliphatic heterocycles. The third kappa shape index (κ3) is 2.00. The minimum atomic E-state index is -0.747. The molecule has 0 spiro atoms. The van der Waals surface area contributed by atoms with Crippen LogP contribution < -0.4 is 4.90 Å². The van der Waals surface area contributed by atoms with E-state index in [1.165, 1.54) is 0 Å². The molecule has 16 heavy (non-hydrogen) atoms. The van der Waals surface area contributed by atoms with Crippen molar-refractivity contribution in [1.29, 1.82) is 0 Å². The summed E-state index contributed by atoms with van der Waals surface area (Å²) in [6, 6.07) is 5.83. The number of carboxylic acid groups (broad SMARTS) is 1. The van der Waals surface area contributed by atoms with Crippen molar-refractivity contribution in [2.24, 2.45) is 0 Å². The number of hydrogen-bond acceptors (Lipinski definition) is 2. The molecule has 0 saturated heterocycles. The zero-order valence-electron chi connectivity index (χ0n) is 9.11. The van der Waals surface area contributed by atoms with Gasteiger partial charge in [0.1, 0.15) is 0 Å². The molecule has 0 aromatic heterocycles. The van der Waals surface area contributed by atoms with Crippen LogP contribution in [0.15, 0.2) is 18.2 Å². The lowest BCUT2D eigenvalue weighted by Gasteiger charge is -2.11. The second-order valence-corrected chi connectivity index (χ2v) is 4.59. The van der Waals surface area contributed by atoms with Crippen LogP contribution in [0.4, 0.5) is 5.69 Å². The Bertz CT molecular complexity index is 419. The third-order valence-electron chi connectivity index (χ3n) is 3.05. The Balaban J connectivity index is 2.24. The van der Waals surface area contributed by atoms with Crippen molar-refractivity contribution in [1.82, 2.24) is 0 Å². The molecule has 86 valence electrons. The molecule has 1 aliphatic rings. The standard InChI is InChI=1S/C12H14ClNO2/c1-14-7-8(5-6-11(15)16)12-9(13)3-2-4-10(12)14/h2-4,8H,5-7H2,1H3,(H,15,16). The van der Waals surface area contributed by atoms with E-state index in [4.69, 9.17) is 16.7 Å². The van der Waals surface area contributed by atoms with E-state index in [1.54, 1.807) is 0 Å². The second-order valence-electron chi connectivity index (χ2n) is 4.18. The number of aliphatic carboxylic acids is 1. The molecule has 1 N–H and O–H groups in total. The molecule has 0 bridgehead atoms. The molecule has 1 unspecified atom stereocenters. The highest BCUT2D eigenvalue weighted by Crippen LogP contribution is 2.41. The molecular formula is C12H14ClNO2. The first kappa shape index (κ1) is 11.3. The fraction of sp³-hybridized carbons (Fsp3) is 0.417. The van der Waals surface area contributed by atoms with Crippen molar-refractivity contribution in [3.8, 4) is 0 Å². The summed E-state index contributed by atoms with van der Waals surface area (Å²) in [6.07, 6.45) is 0.847. The van der Waals surface area contributed by atoms with Gasteiger partial charge in [0.05, 0.1) is 0 Å². The molecule has 0 aliphatic carbocycles. The first-order chi connectivity index (χ1) is 7.59. The van der Waals surface area contributed by atoms with Gasteiger partial charge in [-0.15, -0.1) is 0 Å². The van der Waals surface area contributed by atoms with Crippen LogP contribution >= 0.6 is 11.6 Å². The van der Waals surface area contributed by atoms with Crippen LogP contribution in [0.1, 0.15) is 24.3 Å². The molecule has 3 nitrogen and oxygen atoms in total. The minimum absolute atomic E-state index is 0.198. The highest BCUT2D eigenvalue weighted by atomic mass is 35.5. The zero-order valence-corrected chi connectivity index (χ0v) is 9.87. The number of benzene rings is 1. The Labute approximate surface area is 99.6 Å². The maximum absolute atomic E-state index is 10.6. The van der Waals surface area contributed by atoms with Gasteiger partial charge in [0.2, 0.25) is 0 Å². The predicted octanol–water partition coefficient (Wildman–Crippen LogP) is 2.74. The van der Waals surface area contributed by atoms with Gasteiger partial charge in [-0.05, 0) is 24.1 Å². The number of nitrogens with zero attached hydrogens (tertiary/aromatic N) is 1. The number of rotatable bonds is 3. The Morgan fingerprint density at radius 3 is 3.06 bits per heavy atom. The van der Waals surface area contributed by atoms with Crippen molar-refractivity contribution in [2.45, 2.75) is 18.8 Å². The van der Waals surface area contributed by atoms with Gasteiger partial charge >= 0.3 is 5.97 Å². The smallest absolute Gasteiger partial charge is 0.303 e. The molecule has 1 heterocycles. The lowest BCUT2D eigenvalue weighted by Crippen LogP contribution is -2.15. The van der Waals surface area contributed by atoms with E-state index in [9.17, 15) is 4.79 Å². The van der Waals surface area contributed by atoms with Gasteiger partial charge < -0.3 is 10.0 Å². The first-order valence-corrected chi connectivity index (χ1v) is 5.68. The summed E-state index contributed by atoms with van der Waals surface area (Å²) in [5.74, 6) is -0.507. The summed E-state index contributed by atoms with van der Waals surface area (Å²) in [4.78, 5) is 12.7. The fourth-order valence-corrected chi connectivity index (χ4v) is 2.64. The highest BCUT2D eigenvalue weighted by molar-refractivity contribution is 6.32. The van der Waals surface area contributed by atoms with E-state index in [0.717, 1.165) is 22.8 Å². The van der Waals surface area contributed by atoms with E-state index in [-0.39, 0.29) is 12.3 Å². The van der Waals surface area contributed by atoms with Gasteiger partial charge in [-0.3, -0.25) is 4.79 Å². The normalized spacial score (nSPS) is 18.6. The summed E-state index contributed by atoms with van der Waals surface area (Å²) in [7, 11) is 2.01. The largest absolute Gasteiger partial charge is 0.481 e. The molecule has 1 aromatic rings. The van der Waals surface area contributed by atoms with Crippen LogP contribution in [0.3, 0.4) is 0 Å². The molecular weight excluding hydrogens is 226 g/mol. The lowest BCUT2D eigenvalue weighted by molar-refractivity contribution is -0.137. The molecule has 0 amide bonds. The Morgan fingerprint density at radius 2 is 2.38 bits per heavy atom. The number of carbonyl (C=O) groups is 1.